The zero-order valence-corrected chi connectivity index (χ0v) is 14.2. The molecule has 2 heterocycles. The summed E-state index contributed by atoms with van der Waals surface area (Å²) in [5.41, 5.74) is -0.128. The van der Waals surface area contributed by atoms with Gasteiger partial charge in [0, 0.05) is 29.9 Å². The van der Waals surface area contributed by atoms with E-state index in [0.29, 0.717) is 26.1 Å². The molecule has 0 aliphatic carbocycles. The number of hydrogen-bond acceptors (Lipinski definition) is 4. The number of rotatable bonds is 3. The Hall–Kier alpha value is -0.950. The molecule has 0 saturated carbocycles. The Kier molecular flexibility index (Phi) is 4.29. The lowest BCUT2D eigenvalue weighted by atomic mass is 9.85. The first-order valence-corrected chi connectivity index (χ1v) is 8.29. The molecule has 2 aliphatic rings. The molecule has 6 heteroatoms. The molecule has 2 saturated heterocycles. The van der Waals surface area contributed by atoms with E-state index in [4.69, 9.17) is 0 Å². The summed E-state index contributed by atoms with van der Waals surface area (Å²) in [4.78, 5) is 16.0. The van der Waals surface area contributed by atoms with Crippen LogP contribution in [0.4, 0.5) is 0 Å². The number of benzene rings is 1. The molecule has 3 rings (SSSR count). The van der Waals surface area contributed by atoms with E-state index in [1.807, 2.05) is 36.2 Å². The topological polar surface area (TPSA) is 64.0 Å². The molecule has 2 aliphatic heterocycles. The number of aliphatic hydroxyl groups excluding tert-OH is 1. The predicted octanol–water partition coefficient (Wildman–Crippen LogP) is 0.791. The SMILES string of the molecule is CN1C[C@@H](CC(=O)N2CC(O)(c3cccc(Br)c3)C2)[C@H](O)C1. The summed E-state index contributed by atoms with van der Waals surface area (Å²) in [7, 11) is 1.95. The first kappa shape index (κ1) is 15.9. The molecular formula is C16H21BrN2O3. The Balaban J connectivity index is 1.57. The summed E-state index contributed by atoms with van der Waals surface area (Å²) in [5, 5.41) is 20.5. The largest absolute Gasteiger partial charge is 0.391 e. The number of aliphatic hydroxyl groups is 2. The van der Waals surface area contributed by atoms with E-state index in [9.17, 15) is 15.0 Å². The number of carbonyl (C=O) groups excluding carboxylic acids is 1. The molecule has 0 radical (unpaired) electrons. The van der Waals surface area contributed by atoms with Crippen molar-refractivity contribution in [3.63, 3.8) is 0 Å². The van der Waals surface area contributed by atoms with Crippen molar-refractivity contribution >= 4 is 21.8 Å². The number of β-amino-alcohol motifs (C(OH)–C–C–N with tert-alkyl or cyclic N) is 2. The average Bonchev–Trinajstić information content (AvgIpc) is 2.73. The maximum absolute atomic E-state index is 12.3. The molecule has 5 nitrogen and oxygen atoms in total. The molecule has 2 fully saturated rings. The molecule has 0 spiro atoms. The summed E-state index contributed by atoms with van der Waals surface area (Å²) < 4.78 is 0.917. The lowest BCUT2D eigenvalue weighted by molar-refractivity contribution is -0.158. The third-order valence-corrected chi connectivity index (χ3v) is 5.14. The highest BCUT2D eigenvalue weighted by atomic mass is 79.9. The van der Waals surface area contributed by atoms with Crippen LogP contribution in [-0.2, 0) is 10.4 Å². The second-order valence-corrected chi connectivity index (χ2v) is 7.46. The van der Waals surface area contributed by atoms with Crippen molar-refractivity contribution in [3.05, 3.63) is 34.3 Å². The quantitative estimate of drug-likeness (QED) is 0.827. The smallest absolute Gasteiger partial charge is 0.223 e. The highest BCUT2D eigenvalue weighted by Crippen LogP contribution is 2.34. The van der Waals surface area contributed by atoms with Crippen molar-refractivity contribution in [1.29, 1.82) is 0 Å². The van der Waals surface area contributed by atoms with Gasteiger partial charge in [0.05, 0.1) is 19.2 Å². The Morgan fingerprint density at radius 2 is 2.14 bits per heavy atom. The Labute approximate surface area is 138 Å². The molecule has 2 atom stereocenters. The van der Waals surface area contributed by atoms with Crippen LogP contribution in [0.15, 0.2) is 28.7 Å². The summed E-state index contributed by atoms with van der Waals surface area (Å²) in [6.07, 6.45) is -0.0840. The van der Waals surface area contributed by atoms with Crippen LogP contribution < -0.4 is 0 Å². The first-order chi connectivity index (χ1) is 10.4. The van der Waals surface area contributed by atoms with Crippen molar-refractivity contribution in [2.45, 2.75) is 18.1 Å². The molecule has 22 heavy (non-hydrogen) atoms. The van der Waals surface area contributed by atoms with Gasteiger partial charge in [0.1, 0.15) is 5.60 Å². The van der Waals surface area contributed by atoms with Crippen LogP contribution in [-0.4, -0.2) is 65.3 Å². The summed E-state index contributed by atoms with van der Waals surface area (Å²) >= 11 is 3.40. The van der Waals surface area contributed by atoms with E-state index in [1.165, 1.54) is 0 Å². The van der Waals surface area contributed by atoms with E-state index in [-0.39, 0.29) is 11.8 Å². The van der Waals surface area contributed by atoms with Crippen molar-refractivity contribution in [1.82, 2.24) is 9.80 Å². The number of halogens is 1. The number of carbonyl (C=O) groups is 1. The van der Waals surface area contributed by atoms with E-state index in [2.05, 4.69) is 15.9 Å². The van der Waals surface area contributed by atoms with Crippen molar-refractivity contribution in [2.24, 2.45) is 5.92 Å². The van der Waals surface area contributed by atoms with Gasteiger partial charge in [-0.25, -0.2) is 0 Å². The fourth-order valence-electron chi connectivity index (χ4n) is 3.34. The van der Waals surface area contributed by atoms with E-state index in [1.54, 1.807) is 4.90 Å². The molecule has 0 unspecified atom stereocenters. The fraction of sp³-hybridized carbons (Fsp3) is 0.562. The standard InChI is InChI=1S/C16H21BrN2O3/c1-18-7-11(14(20)8-18)5-15(21)19-9-16(22,10-19)12-3-2-4-13(17)6-12/h2-4,6,11,14,20,22H,5,7-10H2,1H3/t11-,14-/m1/s1. The molecule has 1 aromatic carbocycles. The maximum atomic E-state index is 12.3. The number of likely N-dealkylation sites (tertiary alicyclic amines) is 2. The average molecular weight is 369 g/mol. The Bertz CT molecular complexity index is 574. The Morgan fingerprint density at radius 1 is 1.41 bits per heavy atom. The van der Waals surface area contributed by atoms with Crippen LogP contribution in [0.3, 0.4) is 0 Å². The van der Waals surface area contributed by atoms with Gasteiger partial charge in [0.2, 0.25) is 5.91 Å². The van der Waals surface area contributed by atoms with Gasteiger partial charge in [-0.15, -0.1) is 0 Å². The van der Waals surface area contributed by atoms with Gasteiger partial charge in [-0.1, -0.05) is 28.1 Å². The van der Waals surface area contributed by atoms with Crippen LogP contribution >= 0.6 is 15.9 Å². The molecule has 120 valence electrons. The van der Waals surface area contributed by atoms with Gasteiger partial charge in [0.25, 0.3) is 0 Å². The number of likely N-dealkylation sites (N-methyl/N-ethyl adjacent to an activating group) is 1. The normalized spacial score (nSPS) is 27.7. The van der Waals surface area contributed by atoms with Crippen LogP contribution in [0.5, 0.6) is 0 Å². The minimum atomic E-state index is -0.954. The van der Waals surface area contributed by atoms with Crippen LogP contribution in [0.25, 0.3) is 0 Å². The van der Waals surface area contributed by atoms with Crippen LogP contribution in [0, 0.1) is 5.92 Å². The molecule has 2 N–H and O–H groups in total. The zero-order valence-electron chi connectivity index (χ0n) is 12.6. The van der Waals surface area contributed by atoms with Crippen LogP contribution in [0.1, 0.15) is 12.0 Å². The van der Waals surface area contributed by atoms with Crippen LogP contribution in [0.2, 0.25) is 0 Å². The molecule has 0 aromatic heterocycles. The Morgan fingerprint density at radius 3 is 2.73 bits per heavy atom. The minimum Gasteiger partial charge on any atom is -0.391 e. The van der Waals surface area contributed by atoms with E-state index >= 15 is 0 Å². The van der Waals surface area contributed by atoms with Gasteiger partial charge in [-0.3, -0.25) is 4.79 Å². The highest BCUT2D eigenvalue weighted by molar-refractivity contribution is 9.10. The maximum Gasteiger partial charge on any atom is 0.223 e. The van der Waals surface area contributed by atoms with Crippen molar-refractivity contribution in [3.8, 4) is 0 Å². The van der Waals surface area contributed by atoms with E-state index < -0.39 is 11.7 Å². The van der Waals surface area contributed by atoms with Gasteiger partial charge in [-0.2, -0.15) is 0 Å². The predicted molar refractivity (Wildman–Crippen MR) is 86.2 cm³/mol. The minimum absolute atomic E-state index is 0.00272. The molecule has 0 bridgehead atoms. The monoisotopic (exact) mass is 368 g/mol. The summed E-state index contributed by atoms with van der Waals surface area (Å²) in [6, 6.07) is 7.55. The van der Waals surface area contributed by atoms with Gasteiger partial charge in [-0.05, 0) is 24.7 Å². The number of nitrogens with zero attached hydrogens (tertiary/aromatic N) is 2. The lowest BCUT2D eigenvalue weighted by Crippen LogP contribution is -2.61. The first-order valence-electron chi connectivity index (χ1n) is 7.50. The fourth-order valence-corrected chi connectivity index (χ4v) is 3.74. The van der Waals surface area contributed by atoms with E-state index in [0.717, 1.165) is 16.6 Å². The number of amides is 1. The number of hydrogen-bond donors (Lipinski definition) is 2. The molecule has 1 aromatic rings. The summed E-state index contributed by atoms with van der Waals surface area (Å²) in [5.74, 6) is 0.0103. The second-order valence-electron chi connectivity index (χ2n) is 6.54. The zero-order chi connectivity index (χ0) is 15.9. The lowest BCUT2D eigenvalue weighted by Gasteiger charge is -2.47. The van der Waals surface area contributed by atoms with Gasteiger partial charge < -0.3 is 20.0 Å². The third kappa shape index (κ3) is 3.06. The third-order valence-electron chi connectivity index (χ3n) is 4.65. The second kappa shape index (κ2) is 5.92. The van der Waals surface area contributed by atoms with Crippen molar-refractivity contribution in [2.75, 3.05) is 33.2 Å². The summed E-state index contributed by atoms with van der Waals surface area (Å²) in [6.45, 7) is 2.01. The molecular weight excluding hydrogens is 348 g/mol. The molecule has 1 amide bonds. The van der Waals surface area contributed by atoms with Crippen molar-refractivity contribution < 1.29 is 15.0 Å². The van der Waals surface area contributed by atoms with Gasteiger partial charge in [0.15, 0.2) is 0 Å². The van der Waals surface area contributed by atoms with Gasteiger partial charge >= 0.3 is 0 Å². The highest BCUT2D eigenvalue weighted by Gasteiger charge is 2.45.